The Morgan fingerprint density at radius 3 is 2.72 bits per heavy atom. The Morgan fingerprint density at radius 1 is 1.44 bits per heavy atom. The van der Waals surface area contributed by atoms with Crippen molar-refractivity contribution in [3.63, 3.8) is 0 Å². The van der Waals surface area contributed by atoms with E-state index in [1.165, 1.54) is 12.1 Å². The van der Waals surface area contributed by atoms with Gasteiger partial charge in [0.15, 0.2) is 0 Å². The first-order chi connectivity index (χ1) is 8.38. The molecule has 0 aliphatic carbocycles. The van der Waals surface area contributed by atoms with Crippen LogP contribution in [0.3, 0.4) is 0 Å². The largest absolute Gasteiger partial charge is 0.354 e. The summed E-state index contributed by atoms with van der Waals surface area (Å²) in [6, 6.07) is 3.05. The second-order valence-electron chi connectivity index (χ2n) is 3.90. The summed E-state index contributed by atoms with van der Waals surface area (Å²) in [4.78, 5) is 10.8. The van der Waals surface area contributed by atoms with E-state index < -0.39 is 21.9 Å². The van der Waals surface area contributed by atoms with Gasteiger partial charge in [-0.3, -0.25) is 4.79 Å². The molecule has 18 heavy (non-hydrogen) atoms. The van der Waals surface area contributed by atoms with Gasteiger partial charge in [0.2, 0.25) is 15.9 Å². The van der Waals surface area contributed by atoms with E-state index in [9.17, 15) is 17.6 Å². The fourth-order valence-corrected chi connectivity index (χ4v) is 3.11. The van der Waals surface area contributed by atoms with E-state index in [-0.39, 0.29) is 28.2 Å². The van der Waals surface area contributed by atoms with Crippen molar-refractivity contribution in [2.24, 2.45) is 0 Å². The van der Waals surface area contributed by atoms with E-state index in [1.54, 1.807) is 0 Å². The molecular weight excluding hydrogens is 327 g/mol. The molecule has 1 heterocycles. The van der Waals surface area contributed by atoms with Gasteiger partial charge in [-0.25, -0.2) is 17.5 Å². The molecular formula is C10H10BrFN2O3S. The van der Waals surface area contributed by atoms with Gasteiger partial charge in [-0.15, -0.1) is 0 Å². The average Bonchev–Trinajstić information content (AvgIpc) is 2.67. The van der Waals surface area contributed by atoms with E-state index in [0.29, 0.717) is 0 Å². The highest BCUT2D eigenvalue weighted by Crippen LogP contribution is 2.19. The molecule has 8 heteroatoms. The summed E-state index contributed by atoms with van der Waals surface area (Å²) in [5, 5.41) is 2.52. The Hall–Kier alpha value is -0.990. The van der Waals surface area contributed by atoms with Crippen LogP contribution in [-0.2, 0) is 14.8 Å². The Balaban J connectivity index is 2.20. The molecule has 1 unspecified atom stereocenters. The van der Waals surface area contributed by atoms with Crippen LogP contribution in [0.2, 0.25) is 0 Å². The van der Waals surface area contributed by atoms with Crippen molar-refractivity contribution >= 4 is 31.9 Å². The first-order valence-electron chi connectivity index (χ1n) is 5.12. The summed E-state index contributed by atoms with van der Waals surface area (Å²) < 4.78 is 39.7. The first-order valence-corrected chi connectivity index (χ1v) is 7.40. The standard InChI is InChI=1S/C10H10BrFN2O3S/c11-8-2-1-7(4-9(8)12)18(16,17)14-6-3-10(15)13-5-6/h1-2,4,6,14H,3,5H2,(H,13,15). The number of halogens is 2. The van der Waals surface area contributed by atoms with Crippen LogP contribution < -0.4 is 10.0 Å². The minimum atomic E-state index is -3.81. The van der Waals surface area contributed by atoms with Gasteiger partial charge in [-0.05, 0) is 34.1 Å². The third kappa shape index (κ3) is 2.88. The molecule has 2 rings (SSSR count). The number of nitrogens with one attached hydrogen (secondary N) is 2. The molecule has 2 N–H and O–H groups in total. The van der Waals surface area contributed by atoms with Crippen LogP contribution in [0, 0.1) is 5.82 Å². The average molecular weight is 337 g/mol. The smallest absolute Gasteiger partial charge is 0.240 e. The summed E-state index contributed by atoms with van der Waals surface area (Å²) in [6.45, 7) is 0.247. The molecule has 1 aliphatic heterocycles. The number of carbonyl (C=O) groups excluding carboxylic acids is 1. The van der Waals surface area contributed by atoms with Gasteiger partial charge in [0.1, 0.15) is 5.82 Å². The lowest BCUT2D eigenvalue weighted by Gasteiger charge is -2.11. The zero-order valence-corrected chi connectivity index (χ0v) is 11.5. The molecule has 0 radical (unpaired) electrons. The minimum absolute atomic E-state index is 0.0955. The molecule has 1 fully saturated rings. The van der Waals surface area contributed by atoms with Crippen molar-refractivity contribution in [3.05, 3.63) is 28.5 Å². The quantitative estimate of drug-likeness (QED) is 0.855. The number of hydrogen-bond acceptors (Lipinski definition) is 3. The number of hydrogen-bond donors (Lipinski definition) is 2. The summed E-state index contributed by atoms with van der Waals surface area (Å²) in [5.41, 5.74) is 0. The number of rotatable bonds is 3. The van der Waals surface area contributed by atoms with Crippen molar-refractivity contribution in [2.45, 2.75) is 17.4 Å². The molecule has 1 saturated heterocycles. The zero-order chi connectivity index (χ0) is 13.3. The molecule has 0 saturated carbocycles. The molecule has 1 aromatic carbocycles. The Bertz CT molecular complexity index is 591. The van der Waals surface area contributed by atoms with Crippen molar-refractivity contribution in [2.75, 3.05) is 6.54 Å². The van der Waals surface area contributed by atoms with E-state index in [2.05, 4.69) is 26.0 Å². The van der Waals surface area contributed by atoms with Crippen molar-refractivity contribution in [1.82, 2.24) is 10.0 Å². The number of benzene rings is 1. The number of carbonyl (C=O) groups is 1. The Kier molecular flexibility index (Phi) is 3.69. The molecule has 0 aromatic heterocycles. The monoisotopic (exact) mass is 336 g/mol. The van der Waals surface area contributed by atoms with Crippen molar-refractivity contribution in [1.29, 1.82) is 0 Å². The second-order valence-corrected chi connectivity index (χ2v) is 6.47. The zero-order valence-electron chi connectivity index (χ0n) is 9.11. The van der Waals surface area contributed by atoms with Crippen molar-refractivity contribution in [3.8, 4) is 0 Å². The number of sulfonamides is 1. The summed E-state index contributed by atoms with van der Waals surface area (Å²) >= 11 is 2.95. The van der Waals surface area contributed by atoms with Gasteiger partial charge in [0, 0.05) is 19.0 Å². The summed E-state index contributed by atoms with van der Waals surface area (Å²) in [5.74, 6) is -0.858. The first kappa shape index (κ1) is 13.4. The lowest BCUT2D eigenvalue weighted by atomic mass is 10.3. The fourth-order valence-electron chi connectivity index (χ4n) is 1.62. The minimum Gasteiger partial charge on any atom is -0.354 e. The molecule has 1 aromatic rings. The van der Waals surface area contributed by atoms with E-state index >= 15 is 0 Å². The van der Waals surface area contributed by atoms with Crippen LogP contribution >= 0.6 is 15.9 Å². The van der Waals surface area contributed by atoms with E-state index in [0.717, 1.165) is 6.07 Å². The van der Waals surface area contributed by atoms with Crippen LogP contribution in [-0.4, -0.2) is 26.9 Å². The predicted molar refractivity (Wildman–Crippen MR) is 65.8 cm³/mol. The lowest BCUT2D eigenvalue weighted by Crippen LogP contribution is -2.36. The summed E-state index contributed by atoms with van der Waals surface area (Å²) in [6.07, 6.45) is 0.0955. The molecule has 1 amide bonds. The summed E-state index contributed by atoms with van der Waals surface area (Å²) in [7, 11) is -3.81. The van der Waals surface area contributed by atoms with Gasteiger partial charge >= 0.3 is 0 Å². The maximum Gasteiger partial charge on any atom is 0.240 e. The van der Waals surface area contributed by atoms with Crippen LogP contribution in [0.15, 0.2) is 27.6 Å². The van der Waals surface area contributed by atoms with Crippen molar-refractivity contribution < 1.29 is 17.6 Å². The molecule has 0 spiro atoms. The molecule has 0 bridgehead atoms. The molecule has 5 nitrogen and oxygen atoms in total. The number of amides is 1. The Labute approximate surface area is 112 Å². The molecule has 1 atom stereocenters. The van der Waals surface area contributed by atoms with Gasteiger partial charge < -0.3 is 5.32 Å². The lowest BCUT2D eigenvalue weighted by molar-refractivity contribution is -0.119. The van der Waals surface area contributed by atoms with Gasteiger partial charge in [-0.1, -0.05) is 0 Å². The van der Waals surface area contributed by atoms with Gasteiger partial charge in [0.05, 0.1) is 9.37 Å². The van der Waals surface area contributed by atoms with Crippen LogP contribution in [0.25, 0.3) is 0 Å². The highest BCUT2D eigenvalue weighted by atomic mass is 79.9. The van der Waals surface area contributed by atoms with E-state index in [4.69, 9.17) is 0 Å². The van der Waals surface area contributed by atoms with Gasteiger partial charge in [0.25, 0.3) is 0 Å². The van der Waals surface area contributed by atoms with Gasteiger partial charge in [-0.2, -0.15) is 0 Å². The molecule has 98 valence electrons. The topological polar surface area (TPSA) is 75.3 Å². The van der Waals surface area contributed by atoms with Crippen LogP contribution in [0.4, 0.5) is 4.39 Å². The van der Waals surface area contributed by atoms with Crippen LogP contribution in [0.5, 0.6) is 0 Å². The maximum atomic E-state index is 13.3. The highest BCUT2D eigenvalue weighted by Gasteiger charge is 2.27. The Morgan fingerprint density at radius 2 is 2.17 bits per heavy atom. The highest BCUT2D eigenvalue weighted by molar-refractivity contribution is 9.10. The third-order valence-corrected chi connectivity index (χ3v) is 4.66. The predicted octanol–water partition coefficient (Wildman–Crippen LogP) is 0.755. The third-order valence-electron chi connectivity index (χ3n) is 2.50. The van der Waals surface area contributed by atoms with Crippen LogP contribution in [0.1, 0.15) is 6.42 Å². The normalized spacial score (nSPS) is 19.9. The maximum absolute atomic E-state index is 13.3. The fraction of sp³-hybridized carbons (Fsp3) is 0.300. The molecule has 1 aliphatic rings. The van der Waals surface area contributed by atoms with E-state index in [1.807, 2.05) is 0 Å². The second kappa shape index (κ2) is 4.94. The SMILES string of the molecule is O=C1CC(NS(=O)(=O)c2ccc(Br)c(F)c2)CN1.